The van der Waals surface area contributed by atoms with Crippen molar-refractivity contribution in [3.05, 3.63) is 35.9 Å². The van der Waals surface area contributed by atoms with Crippen LogP contribution in [-0.4, -0.2) is 63.9 Å². The Bertz CT molecular complexity index is 788. The van der Waals surface area contributed by atoms with Gasteiger partial charge in [-0.25, -0.2) is 14.7 Å². The molecule has 2 aliphatic heterocycles. The molecule has 26 heavy (non-hydrogen) atoms. The van der Waals surface area contributed by atoms with Gasteiger partial charge >= 0.3 is 17.8 Å². The van der Waals surface area contributed by atoms with Gasteiger partial charge in [-0.15, -0.1) is 0 Å². The van der Waals surface area contributed by atoms with Gasteiger partial charge in [0, 0.05) is 13.0 Å². The maximum atomic E-state index is 12.4. The van der Waals surface area contributed by atoms with Crippen molar-refractivity contribution in [2.24, 2.45) is 11.0 Å². The van der Waals surface area contributed by atoms with Crippen LogP contribution in [0.15, 0.2) is 35.4 Å². The topological polar surface area (TPSA) is 90.4 Å². The van der Waals surface area contributed by atoms with Gasteiger partial charge in [0.1, 0.15) is 6.54 Å². The Morgan fingerprint density at radius 2 is 1.73 bits per heavy atom. The van der Waals surface area contributed by atoms with Crippen LogP contribution in [0, 0.1) is 5.92 Å². The lowest BCUT2D eigenvalue weighted by molar-refractivity contribution is -0.145. The SMILES string of the molecule is CC(C)CN1C(=O)C(=O)N(CC(=O)N2CCC(c3ccccc3)=N2)C1=O. The summed E-state index contributed by atoms with van der Waals surface area (Å²) in [4.78, 5) is 50.4. The second kappa shape index (κ2) is 7.07. The number of carbonyl (C=O) groups is 4. The average Bonchev–Trinajstić information content (AvgIpc) is 3.19. The maximum Gasteiger partial charge on any atom is 0.334 e. The van der Waals surface area contributed by atoms with Crippen molar-refractivity contribution in [3.8, 4) is 0 Å². The number of carbonyl (C=O) groups excluding carboxylic acids is 4. The number of hydrazone groups is 1. The molecule has 3 rings (SSSR count). The summed E-state index contributed by atoms with van der Waals surface area (Å²) in [5.74, 6) is -2.30. The number of hydrogen-bond acceptors (Lipinski definition) is 5. The summed E-state index contributed by atoms with van der Waals surface area (Å²) in [6.07, 6.45) is 0.593. The number of imide groups is 2. The zero-order valence-electron chi connectivity index (χ0n) is 14.7. The van der Waals surface area contributed by atoms with Crippen LogP contribution in [0.5, 0.6) is 0 Å². The molecular weight excluding hydrogens is 336 g/mol. The monoisotopic (exact) mass is 356 g/mol. The summed E-state index contributed by atoms with van der Waals surface area (Å²) in [5.41, 5.74) is 1.70. The Hall–Kier alpha value is -3.03. The fraction of sp³-hybridized carbons (Fsp3) is 0.389. The van der Waals surface area contributed by atoms with Gasteiger partial charge in [0.2, 0.25) is 0 Å². The predicted octanol–water partition coefficient (Wildman–Crippen LogP) is 1.07. The van der Waals surface area contributed by atoms with Crippen molar-refractivity contribution in [1.82, 2.24) is 14.8 Å². The van der Waals surface area contributed by atoms with E-state index in [0.29, 0.717) is 17.9 Å². The third-order valence-electron chi connectivity index (χ3n) is 4.17. The minimum Gasteiger partial charge on any atom is -0.271 e. The van der Waals surface area contributed by atoms with Gasteiger partial charge in [-0.1, -0.05) is 44.2 Å². The van der Waals surface area contributed by atoms with E-state index in [-0.39, 0.29) is 12.5 Å². The standard InChI is InChI=1S/C18H20N4O4/c1-12(2)10-20-16(24)17(25)21(18(20)26)11-15(23)22-9-8-14(19-22)13-6-4-3-5-7-13/h3-7,12H,8-11H2,1-2H3. The van der Waals surface area contributed by atoms with Gasteiger partial charge in [-0.3, -0.25) is 19.3 Å². The van der Waals surface area contributed by atoms with Crippen LogP contribution >= 0.6 is 0 Å². The number of benzene rings is 1. The summed E-state index contributed by atoms with van der Waals surface area (Å²) in [6, 6.07) is 8.74. The molecule has 1 fully saturated rings. The van der Waals surface area contributed by atoms with Crippen molar-refractivity contribution in [3.63, 3.8) is 0 Å². The van der Waals surface area contributed by atoms with E-state index in [4.69, 9.17) is 0 Å². The molecule has 0 radical (unpaired) electrons. The van der Waals surface area contributed by atoms with Crippen LogP contribution < -0.4 is 0 Å². The van der Waals surface area contributed by atoms with E-state index in [2.05, 4.69) is 5.10 Å². The average molecular weight is 356 g/mol. The summed E-state index contributed by atoms with van der Waals surface area (Å²) >= 11 is 0. The molecule has 0 unspecified atom stereocenters. The van der Waals surface area contributed by atoms with E-state index in [0.717, 1.165) is 16.2 Å². The molecule has 0 N–H and O–H groups in total. The summed E-state index contributed by atoms with van der Waals surface area (Å²) in [6.45, 7) is 3.71. The van der Waals surface area contributed by atoms with Crippen molar-refractivity contribution in [1.29, 1.82) is 0 Å². The zero-order valence-corrected chi connectivity index (χ0v) is 14.7. The smallest absolute Gasteiger partial charge is 0.271 e. The predicted molar refractivity (Wildman–Crippen MR) is 93.0 cm³/mol. The first-order valence-corrected chi connectivity index (χ1v) is 8.49. The molecule has 0 spiro atoms. The third kappa shape index (κ3) is 3.35. The molecule has 0 atom stereocenters. The third-order valence-corrected chi connectivity index (χ3v) is 4.17. The fourth-order valence-electron chi connectivity index (χ4n) is 2.90. The Labute approximate surface area is 151 Å². The van der Waals surface area contributed by atoms with Gasteiger partial charge < -0.3 is 0 Å². The largest absolute Gasteiger partial charge is 0.334 e. The molecule has 0 aliphatic carbocycles. The first-order valence-electron chi connectivity index (χ1n) is 8.49. The summed E-state index contributed by atoms with van der Waals surface area (Å²) < 4.78 is 0. The quantitative estimate of drug-likeness (QED) is 0.583. The van der Waals surface area contributed by atoms with Crippen LogP contribution in [-0.2, 0) is 14.4 Å². The lowest BCUT2D eigenvalue weighted by Gasteiger charge is -2.18. The normalized spacial score (nSPS) is 17.6. The first kappa shape index (κ1) is 17.8. The molecule has 1 aromatic carbocycles. The lowest BCUT2D eigenvalue weighted by atomic mass is 10.1. The molecule has 8 heteroatoms. The molecule has 2 heterocycles. The number of urea groups is 1. The first-order chi connectivity index (χ1) is 12.4. The molecule has 0 saturated carbocycles. The highest BCUT2D eigenvalue weighted by atomic mass is 16.2. The zero-order chi connectivity index (χ0) is 18.8. The van der Waals surface area contributed by atoms with E-state index in [9.17, 15) is 19.2 Å². The van der Waals surface area contributed by atoms with Gasteiger partial charge in [0.05, 0.1) is 12.3 Å². The molecule has 8 nitrogen and oxygen atoms in total. The van der Waals surface area contributed by atoms with E-state index >= 15 is 0 Å². The number of amides is 5. The fourth-order valence-corrected chi connectivity index (χ4v) is 2.90. The van der Waals surface area contributed by atoms with Crippen LogP contribution in [0.1, 0.15) is 25.8 Å². The Morgan fingerprint density at radius 3 is 2.38 bits per heavy atom. The second-order valence-corrected chi connectivity index (χ2v) is 6.66. The minimum absolute atomic E-state index is 0.0305. The van der Waals surface area contributed by atoms with Gasteiger partial charge in [-0.05, 0) is 11.5 Å². The van der Waals surface area contributed by atoms with Crippen molar-refractivity contribution in [2.45, 2.75) is 20.3 Å². The van der Waals surface area contributed by atoms with Gasteiger partial charge in [-0.2, -0.15) is 5.10 Å². The van der Waals surface area contributed by atoms with Crippen LogP contribution in [0.4, 0.5) is 4.79 Å². The molecule has 0 aromatic heterocycles. The van der Waals surface area contributed by atoms with Crippen molar-refractivity contribution >= 4 is 29.5 Å². The number of hydrogen-bond donors (Lipinski definition) is 0. The highest BCUT2D eigenvalue weighted by Gasteiger charge is 2.45. The molecule has 1 saturated heterocycles. The summed E-state index contributed by atoms with van der Waals surface area (Å²) in [5, 5.41) is 5.54. The van der Waals surface area contributed by atoms with Crippen molar-refractivity contribution < 1.29 is 19.2 Å². The Kier molecular flexibility index (Phi) is 4.83. The van der Waals surface area contributed by atoms with Crippen molar-refractivity contribution in [2.75, 3.05) is 19.6 Å². The molecule has 1 aromatic rings. The maximum absolute atomic E-state index is 12.4. The Morgan fingerprint density at radius 1 is 1.08 bits per heavy atom. The van der Waals surface area contributed by atoms with E-state index in [1.807, 2.05) is 44.2 Å². The molecule has 0 bridgehead atoms. The molecule has 5 amide bonds. The van der Waals surface area contributed by atoms with E-state index < -0.39 is 30.3 Å². The van der Waals surface area contributed by atoms with Crippen LogP contribution in [0.2, 0.25) is 0 Å². The second-order valence-electron chi connectivity index (χ2n) is 6.66. The molecule has 2 aliphatic rings. The summed E-state index contributed by atoms with van der Waals surface area (Å²) in [7, 11) is 0. The van der Waals surface area contributed by atoms with Gasteiger partial charge in [0.25, 0.3) is 5.91 Å². The highest BCUT2D eigenvalue weighted by Crippen LogP contribution is 2.17. The van der Waals surface area contributed by atoms with Gasteiger partial charge in [0.15, 0.2) is 0 Å². The lowest BCUT2D eigenvalue weighted by Crippen LogP contribution is -2.41. The Balaban J connectivity index is 1.69. The van der Waals surface area contributed by atoms with Crippen LogP contribution in [0.3, 0.4) is 0 Å². The van der Waals surface area contributed by atoms with Crippen LogP contribution in [0.25, 0.3) is 0 Å². The van der Waals surface area contributed by atoms with E-state index in [1.54, 1.807) is 0 Å². The molecular formula is C18H20N4O4. The number of rotatable bonds is 5. The van der Waals surface area contributed by atoms with E-state index in [1.165, 1.54) is 5.01 Å². The highest BCUT2D eigenvalue weighted by molar-refractivity contribution is 6.45. The number of nitrogens with zero attached hydrogens (tertiary/aromatic N) is 4. The minimum atomic E-state index is -0.963. The molecule has 136 valence electrons.